The molecule has 0 unspecified atom stereocenters. The van der Waals surface area contributed by atoms with E-state index < -0.39 is 0 Å². The van der Waals surface area contributed by atoms with Gasteiger partial charge in [0, 0.05) is 17.8 Å². The molecule has 7 heteroatoms. The fraction of sp³-hybridized carbons (Fsp3) is 0.412. The van der Waals surface area contributed by atoms with Crippen LogP contribution in [0.5, 0.6) is 5.75 Å². The Hall–Kier alpha value is -2.70. The average molecular weight is 327 g/mol. The average Bonchev–Trinajstić information content (AvgIpc) is 3.19. The molecular formula is C17H21N5O2. The summed E-state index contributed by atoms with van der Waals surface area (Å²) in [6.45, 7) is 5.08. The van der Waals surface area contributed by atoms with E-state index in [2.05, 4.69) is 20.6 Å². The molecule has 0 radical (unpaired) electrons. The summed E-state index contributed by atoms with van der Waals surface area (Å²) in [6.07, 6.45) is 2.02. The molecule has 1 aliphatic rings. The number of aromatic nitrogens is 3. The molecule has 0 fully saturated rings. The minimum atomic E-state index is -0.0927. The molecule has 24 heavy (non-hydrogen) atoms. The Kier molecular flexibility index (Phi) is 4.59. The van der Waals surface area contributed by atoms with Gasteiger partial charge in [-0.1, -0.05) is 11.3 Å². The molecule has 1 aliphatic heterocycles. The molecule has 0 saturated heterocycles. The van der Waals surface area contributed by atoms with Crippen molar-refractivity contribution >= 4 is 11.6 Å². The highest BCUT2D eigenvalue weighted by Crippen LogP contribution is 2.23. The maximum Gasteiger partial charge on any atom is 0.226 e. The number of ether oxygens (including phenoxy) is 1. The lowest BCUT2D eigenvalue weighted by atomic mass is 10.1. The summed E-state index contributed by atoms with van der Waals surface area (Å²) in [6, 6.07) is 6.13. The monoisotopic (exact) mass is 327 g/mol. The van der Waals surface area contributed by atoms with Gasteiger partial charge in [-0.05, 0) is 31.5 Å². The Balaban J connectivity index is 1.58. The first kappa shape index (κ1) is 16.2. The summed E-state index contributed by atoms with van der Waals surface area (Å²) in [5, 5.41) is 10.9. The number of carbonyl (C=O) groups is 1. The van der Waals surface area contributed by atoms with Crippen LogP contribution in [-0.2, 0) is 17.8 Å². The Morgan fingerprint density at radius 1 is 1.42 bits per heavy atom. The SMILES string of the molecule is COc1ccc2c(c1)C(CNC(=O)Cc1cn(C(C)C)nn1)=NC2. The number of rotatable bonds is 6. The van der Waals surface area contributed by atoms with Gasteiger partial charge in [0.25, 0.3) is 0 Å². The van der Waals surface area contributed by atoms with Crippen molar-refractivity contribution in [3.05, 3.63) is 41.2 Å². The molecule has 126 valence electrons. The molecule has 2 heterocycles. The van der Waals surface area contributed by atoms with Gasteiger partial charge < -0.3 is 10.1 Å². The summed E-state index contributed by atoms with van der Waals surface area (Å²) >= 11 is 0. The first-order chi connectivity index (χ1) is 11.6. The lowest BCUT2D eigenvalue weighted by molar-refractivity contribution is -0.120. The van der Waals surface area contributed by atoms with Gasteiger partial charge in [0.05, 0.1) is 38.0 Å². The van der Waals surface area contributed by atoms with Gasteiger partial charge in [-0.15, -0.1) is 5.10 Å². The number of aliphatic imine (C=N–C) groups is 1. The van der Waals surface area contributed by atoms with Crippen LogP contribution in [0.4, 0.5) is 0 Å². The van der Waals surface area contributed by atoms with E-state index in [-0.39, 0.29) is 18.4 Å². The largest absolute Gasteiger partial charge is 0.497 e. The number of nitrogens with zero attached hydrogens (tertiary/aromatic N) is 4. The van der Waals surface area contributed by atoms with E-state index >= 15 is 0 Å². The Bertz CT molecular complexity index is 779. The fourth-order valence-electron chi connectivity index (χ4n) is 2.56. The predicted octanol–water partition coefficient (Wildman–Crippen LogP) is 1.53. The molecule has 1 aromatic carbocycles. The molecule has 1 N–H and O–H groups in total. The van der Waals surface area contributed by atoms with Gasteiger partial charge in [0.2, 0.25) is 5.91 Å². The van der Waals surface area contributed by atoms with E-state index in [1.54, 1.807) is 18.0 Å². The van der Waals surface area contributed by atoms with Gasteiger partial charge in [-0.3, -0.25) is 9.79 Å². The zero-order valence-electron chi connectivity index (χ0n) is 14.1. The van der Waals surface area contributed by atoms with Crippen molar-refractivity contribution in [2.45, 2.75) is 32.9 Å². The van der Waals surface area contributed by atoms with E-state index in [4.69, 9.17) is 4.74 Å². The Labute approximate surface area is 140 Å². The third kappa shape index (κ3) is 3.45. The number of nitrogens with one attached hydrogen (secondary N) is 1. The molecule has 1 aromatic heterocycles. The highest BCUT2D eigenvalue weighted by atomic mass is 16.5. The summed E-state index contributed by atoms with van der Waals surface area (Å²) in [4.78, 5) is 16.6. The van der Waals surface area contributed by atoms with Crippen molar-refractivity contribution in [3.8, 4) is 5.75 Å². The van der Waals surface area contributed by atoms with Gasteiger partial charge in [-0.25, -0.2) is 4.68 Å². The highest BCUT2D eigenvalue weighted by molar-refractivity contribution is 6.06. The number of methoxy groups -OCH3 is 1. The fourth-order valence-corrected chi connectivity index (χ4v) is 2.56. The Morgan fingerprint density at radius 2 is 2.25 bits per heavy atom. The van der Waals surface area contributed by atoms with E-state index in [0.717, 1.165) is 22.6 Å². The normalized spacial score (nSPS) is 12.9. The molecule has 0 bridgehead atoms. The van der Waals surface area contributed by atoms with Crippen LogP contribution in [0.15, 0.2) is 29.4 Å². The number of hydrogen-bond acceptors (Lipinski definition) is 5. The summed E-state index contributed by atoms with van der Waals surface area (Å²) in [5.74, 6) is 0.699. The van der Waals surface area contributed by atoms with Crippen LogP contribution in [-0.4, -0.2) is 40.3 Å². The van der Waals surface area contributed by atoms with E-state index in [0.29, 0.717) is 18.8 Å². The van der Waals surface area contributed by atoms with E-state index in [1.807, 2.05) is 32.0 Å². The smallest absolute Gasteiger partial charge is 0.226 e. The van der Waals surface area contributed by atoms with Crippen LogP contribution in [0.1, 0.15) is 36.7 Å². The van der Waals surface area contributed by atoms with Crippen LogP contribution in [0.3, 0.4) is 0 Å². The van der Waals surface area contributed by atoms with Crippen molar-refractivity contribution in [2.24, 2.45) is 4.99 Å². The molecule has 0 aliphatic carbocycles. The van der Waals surface area contributed by atoms with Crippen molar-refractivity contribution in [1.29, 1.82) is 0 Å². The minimum Gasteiger partial charge on any atom is -0.497 e. The zero-order valence-corrected chi connectivity index (χ0v) is 14.1. The number of hydrogen-bond donors (Lipinski definition) is 1. The predicted molar refractivity (Wildman–Crippen MR) is 90.4 cm³/mol. The highest BCUT2D eigenvalue weighted by Gasteiger charge is 2.17. The second-order valence-electron chi connectivity index (χ2n) is 6.02. The summed E-state index contributed by atoms with van der Waals surface area (Å²) in [5.41, 5.74) is 3.74. The van der Waals surface area contributed by atoms with Crippen LogP contribution in [0.2, 0.25) is 0 Å². The van der Waals surface area contributed by atoms with Crippen LogP contribution >= 0.6 is 0 Å². The first-order valence-electron chi connectivity index (χ1n) is 7.95. The van der Waals surface area contributed by atoms with Gasteiger partial charge in [-0.2, -0.15) is 0 Å². The molecule has 2 aromatic rings. The molecule has 3 rings (SSSR count). The van der Waals surface area contributed by atoms with Crippen molar-refractivity contribution in [1.82, 2.24) is 20.3 Å². The number of fused-ring (bicyclic) bond motifs is 1. The molecule has 1 amide bonds. The number of carbonyl (C=O) groups excluding carboxylic acids is 1. The van der Waals surface area contributed by atoms with E-state index in [1.165, 1.54) is 0 Å². The standard InChI is InChI=1S/C17H21N5O2/c1-11(2)22-10-13(20-21-22)6-17(23)19-9-16-15-7-14(24-3)5-4-12(15)8-18-16/h4-5,7,10-11H,6,8-9H2,1-3H3,(H,19,23). The van der Waals surface area contributed by atoms with Crippen LogP contribution in [0, 0.1) is 0 Å². The minimum absolute atomic E-state index is 0.0927. The molecule has 0 saturated carbocycles. The lowest BCUT2D eigenvalue weighted by Crippen LogP contribution is -2.30. The summed E-state index contributed by atoms with van der Waals surface area (Å²) in [7, 11) is 1.64. The molecule has 0 atom stereocenters. The third-order valence-electron chi connectivity index (χ3n) is 3.95. The van der Waals surface area contributed by atoms with Gasteiger partial charge >= 0.3 is 0 Å². The zero-order chi connectivity index (χ0) is 17.1. The van der Waals surface area contributed by atoms with Crippen molar-refractivity contribution in [3.63, 3.8) is 0 Å². The molecule has 7 nitrogen and oxygen atoms in total. The van der Waals surface area contributed by atoms with Gasteiger partial charge in [0.1, 0.15) is 5.75 Å². The number of benzene rings is 1. The van der Waals surface area contributed by atoms with Crippen LogP contribution < -0.4 is 10.1 Å². The first-order valence-corrected chi connectivity index (χ1v) is 7.95. The molecular weight excluding hydrogens is 306 g/mol. The summed E-state index contributed by atoms with van der Waals surface area (Å²) < 4.78 is 7.00. The maximum absolute atomic E-state index is 12.1. The van der Waals surface area contributed by atoms with E-state index in [9.17, 15) is 4.79 Å². The molecule has 0 spiro atoms. The number of amides is 1. The third-order valence-corrected chi connectivity index (χ3v) is 3.95. The van der Waals surface area contributed by atoms with Crippen molar-refractivity contribution < 1.29 is 9.53 Å². The Morgan fingerprint density at radius 3 is 2.96 bits per heavy atom. The van der Waals surface area contributed by atoms with Crippen LogP contribution in [0.25, 0.3) is 0 Å². The second-order valence-corrected chi connectivity index (χ2v) is 6.02. The lowest BCUT2D eigenvalue weighted by Gasteiger charge is -2.07. The van der Waals surface area contributed by atoms with Gasteiger partial charge in [0.15, 0.2) is 0 Å². The maximum atomic E-state index is 12.1. The quantitative estimate of drug-likeness (QED) is 0.872. The topological polar surface area (TPSA) is 81.4 Å². The second kappa shape index (κ2) is 6.82. The van der Waals surface area contributed by atoms with Crippen molar-refractivity contribution in [2.75, 3.05) is 13.7 Å².